The summed E-state index contributed by atoms with van der Waals surface area (Å²) in [5, 5.41) is 5.46. The third-order valence-electron chi connectivity index (χ3n) is 3.27. The van der Waals surface area contributed by atoms with Crippen LogP contribution in [-0.2, 0) is 0 Å². The first kappa shape index (κ1) is 13.1. The van der Waals surface area contributed by atoms with Crippen molar-refractivity contribution in [2.75, 3.05) is 6.61 Å². The molecule has 0 amide bonds. The van der Waals surface area contributed by atoms with E-state index in [1.807, 2.05) is 13.0 Å². The summed E-state index contributed by atoms with van der Waals surface area (Å²) in [6, 6.07) is 7.17. The Morgan fingerprint density at radius 2 is 2.18 bits per heavy atom. The maximum Gasteiger partial charge on any atom is 0.224 e. The van der Waals surface area contributed by atoms with E-state index in [1.54, 1.807) is 35.1 Å². The Labute approximate surface area is 130 Å². The van der Waals surface area contributed by atoms with Gasteiger partial charge in [-0.3, -0.25) is 0 Å². The monoisotopic (exact) mass is 314 g/mol. The fraction of sp³-hybridized carbons (Fsp3) is 0.133. The summed E-state index contributed by atoms with van der Waals surface area (Å²) in [7, 11) is 0. The molecule has 0 spiro atoms. The van der Waals surface area contributed by atoms with Crippen LogP contribution in [0.4, 0.5) is 0 Å². The van der Waals surface area contributed by atoms with Crippen molar-refractivity contribution in [3.63, 3.8) is 0 Å². The molecule has 0 aliphatic rings. The number of ether oxygens (including phenoxy) is 1. The molecule has 0 saturated heterocycles. The first-order valence-electron chi connectivity index (χ1n) is 6.78. The van der Waals surface area contributed by atoms with Crippen LogP contribution in [0.25, 0.3) is 28.1 Å². The number of pyridine rings is 1. The number of halogens is 1. The quantitative estimate of drug-likeness (QED) is 0.578. The molecule has 4 aromatic heterocycles. The van der Waals surface area contributed by atoms with Gasteiger partial charge in [0.05, 0.1) is 18.2 Å². The van der Waals surface area contributed by atoms with E-state index in [2.05, 4.69) is 15.1 Å². The van der Waals surface area contributed by atoms with E-state index in [0.717, 1.165) is 11.1 Å². The van der Waals surface area contributed by atoms with Crippen LogP contribution in [0.1, 0.15) is 6.92 Å². The summed E-state index contributed by atoms with van der Waals surface area (Å²) in [4.78, 5) is 8.53. The summed E-state index contributed by atoms with van der Waals surface area (Å²) in [5.41, 5.74) is 2.12. The second kappa shape index (κ2) is 4.99. The van der Waals surface area contributed by atoms with Gasteiger partial charge in [0.25, 0.3) is 0 Å². The standard InChI is InChI=1S/C15H11ClN4O2/c1-2-21-15-9-7-12(22-11(9)5-6-17-15)10-8-18-14-4-3-13(16)19-20(10)14/h3-8H,2H2,1H3. The first-order chi connectivity index (χ1) is 10.8. The van der Waals surface area contributed by atoms with Crippen LogP contribution in [0.5, 0.6) is 5.88 Å². The summed E-state index contributed by atoms with van der Waals surface area (Å²) < 4.78 is 13.1. The number of nitrogens with zero attached hydrogens (tertiary/aromatic N) is 4. The third kappa shape index (κ3) is 2.00. The lowest BCUT2D eigenvalue weighted by atomic mass is 10.3. The molecule has 0 aromatic carbocycles. The Morgan fingerprint density at radius 1 is 1.27 bits per heavy atom. The van der Waals surface area contributed by atoms with Gasteiger partial charge in [-0.1, -0.05) is 11.6 Å². The van der Waals surface area contributed by atoms with Gasteiger partial charge in [-0.2, -0.15) is 5.10 Å². The predicted octanol–water partition coefficient (Wildman–Crippen LogP) is 3.59. The lowest BCUT2D eigenvalue weighted by Gasteiger charge is -2.00. The van der Waals surface area contributed by atoms with Crippen LogP contribution in [0, 0.1) is 0 Å². The van der Waals surface area contributed by atoms with Crippen LogP contribution in [-0.4, -0.2) is 26.2 Å². The number of imidazole rings is 1. The molecule has 0 aliphatic heterocycles. The molecule has 4 rings (SSSR count). The number of fused-ring (bicyclic) bond motifs is 2. The Hall–Kier alpha value is -2.60. The minimum absolute atomic E-state index is 0.388. The van der Waals surface area contributed by atoms with E-state index >= 15 is 0 Å². The van der Waals surface area contributed by atoms with Crippen molar-refractivity contribution in [3.05, 3.63) is 41.8 Å². The van der Waals surface area contributed by atoms with E-state index in [4.69, 9.17) is 20.8 Å². The SMILES string of the molecule is CCOc1nccc2oc(-c3cnc4ccc(Cl)nn34)cc12. The Balaban J connectivity index is 1.93. The molecular formula is C15H11ClN4O2. The molecule has 22 heavy (non-hydrogen) atoms. The van der Waals surface area contributed by atoms with Crippen molar-refractivity contribution in [2.45, 2.75) is 6.92 Å². The van der Waals surface area contributed by atoms with Gasteiger partial charge in [-0.15, -0.1) is 0 Å². The van der Waals surface area contributed by atoms with Crippen molar-refractivity contribution in [3.8, 4) is 17.3 Å². The molecule has 4 aromatic rings. The molecule has 0 saturated carbocycles. The highest BCUT2D eigenvalue weighted by atomic mass is 35.5. The summed E-state index contributed by atoms with van der Waals surface area (Å²) in [6.45, 7) is 2.46. The van der Waals surface area contributed by atoms with Gasteiger partial charge >= 0.3 is 0 Å². The van der Waals surface area contributed by atoms with Crippen LogP contribution < -0.4 is 4.74 Å². The van der Waals surface area contributed by atoms with Gasteiger partial charge < -0.3 is 9.15 Å². The minimum atomic E-state index is 0.388. The predicted molar refractivity (Wildman–Crippen MR) is 82.2 cm³/mol. The molecule has 4 heterocycles. The molecule has 0 radical (unpaired) electrons. The molecule has 0 bridgehead atoms. The highest BCUT2D eigenvalue weighted by Crippen LogP contribution is 2.32. The van der Waals surface area contributed by atoms with Gasteiger partial charge in [0, 0.05) is 12.3 Å². The van der Waals surface area contributed by atoms with Crippen LogP contribution >= 0.6 is 11.6 Å². The number of rotatable bonds is 3. The number of hydrogen-bond acceptors (Lipinski definition) is 5. The number of hydrogen-bond donors (Lipinski definition) is 0. The lowest BCUT2D eigenvalue weighted by Crippen LogP contribution is -1.94. The van der Waals surface area contributed by atoms with E-state index in [9.17, 15) is 0 Å². The molecule has 0 N–H and O–H groups in total. The average Bonchev–Trinajstić information content (AvgIpc) is 3.11. The normalized spacial score (nSPS) is 11.4. The van der Waals surface area contributed by atoms with Crippen LogP contribution in [0.2, 0.25) is 5.15 Å². The Morgan fingerprint density at radius 3 is 3.05 bits per heavy atom. The molecule has 0 aliphatic carbocycles. The zero-order valence-electron chi connectivity index (χ0n) is 11.7. The van der Waals surface area contributed by atoms with E-state index in [0.29, 0.717) is 34.6 Å². The van der Waals surface area contributed by atoms with Crippen molar-refractivity contribution in [2.24, 2.45) is 0 Å². The molecule has 0 atom stereocenters. The second-order valence-electron chi connectivity index (χ2n) is 4.64. The largest absolute Gasteiger partial charge is 0.477 e. The maximum absolute atomic E-state index is 5.96. The van der Waals surface area contributed by atoms with Gasteiger partial charge in [0.15, 0.2) is 11.4 Å². The van der Waals surface area contributed by atoms with Crippen molar-refractivity contribution in [1.82, 2.24) is 19.6 Å². The molecular weight excluding hydrogens is 304 g/mol. The van der Waals surface area contributed by atoms with Crippen molar-refractivity contribution >= 4 is 28.2 Å². The summed E-state index contributed by atoms with van der Waals surface area (Å²) >= 11 is 5.96. The molecule has 0 unspecified atom stereocenters. The van der Waals surface area contributed by atoms with E-state index < -0.39 is 0 Å². The zero-order chi connectivity index (χ0) is 15.1. The molecule has 7 heteroatoms. The smallest absolute Gasteiger partial charge is 0.224 e. The second-order valence-corrected chi connectivity index (χ2v) is 5.03. The Bertz CT molecular complexity index is 976. The van der Waals surface area contributed by atoms with Crippen molar-refractivity contribution < 1.29 is 9.15 Å². The highest BCUT2D eigenvalue weighted by Gasteiger charge is 2.15. The van der Waals surface area contributed by atoms with Crippen molar-refractivity contribution in [1.29, 1.82) is 0 Å². The fourth-order valence-corrected chi connectivity index (χ4v) is 2.47. The van der Waals surface area contributed by atoms with E-state index in [-0.39, 0.29) is 0 Å². The topological polar surface area (TPSA) is 65.5 Å². The van der Waals surface area contributed by atoms with Crippen LogP contribution in [0.3, 0.4) is 0 Å². The minimum Gasteiger partial charge on any atom is -0.477 e. The molecule has 0 fully saturated rings. The first-order valence-corrected chi connectivity index (χ1v) is 7.16. The molecule has 6 nitrogen and oxygen atoms in total. The van der Waals surface area contributed by atoms with Gasteiger partial charge in [0.1, 0.15) is 16.4 Å². The maximum atomic E-state index is 5.96. The van der Waals surface area contributed by atoms with E-state index in [1.165, 1.54) is 0 Å². The number of aromatic nitrogens is 4. The highest BCUT2D eigenvalue weighted by molar-refractivity contribution is 6.29. The molecule has 110 valence electrons. The Kier molecular flexibility index (Phi) is 2.97. The van der Waals surface area contributed by atoms with Gasteiger partial charge in [-0.25, -0.2) is 14.5 Å². The lowest BCUT2D eigenvalue weighted by molar-refractivity contribution is 0.331. The summed E-state index contributed by atoms with van der Waals surface area (Å²) in [5.74, 6) is 1.18. The third-order valence-corrected chi connectivity index (χ3v) is 3.47. The zero-order valence-corrected chi connectivity index (χ0v) is 12.4. The average molecular weight is 315 g/mol. The summed E-state index contributed by atoms with van der Waals surface area (Å²) in [6.07, 6.45) is 3.36. The van der Waals surface area contributed by atoms with Crippen LogP contribution in [0.15, 0.2) is 41.1 Å². The fourth-order valence-electron chi connectivity index (χ4n) is 2.34. The number of furan rings is 1. The van der Waals surface area contributed by atoms with Gasteiger partial charge in [-0.05, 0) is 25.1 Å². The van der Waals surface area contributed by atoms with Gasteiger partial charge in [0.2, 0.25) is 5.88 Å².